The Balaban J connectivity index is 1.95. The van der Waals surface area contributed by atoms with E-state index in [0.29, 0.717) is 23.4 Å². The lowest BCUT2D eigenvalue weighted by Crippen LogP contribution is -2.33. The highest BCUT2D eigenvalue weighted by molar-refractivity contribution is 6.30. The topological polar surface area (TPSA) is 49.7 Å². The minimum atomic E-state index is -0.808. The number of hydrazone groups is 1. The number of para-hydroxylation sites is 1. The zero-order chi connectivity index (χ0) is 16.2. The molecular weight excluding hydrogens is 288 g/mol. The molecule has 1 aliphatic rings. The zero-order valence-corrected chi connectivity index (χ0v) is 13.0. The maximum Gasteiger partial charge on any atom is 0.264 e. The van der Waals surface area contributed by atoms with E-state index in [2.05, 4.69) is 5.10 Å². The Bertz CT molecular complexity index is 738. The number of Topliss-reactive ketones (excluding diaryl/α,β-unsaturated/α-hetero) is 1. The van der Waals surface area contributed by atoms with Gasteiger partial charge in [-0.2, -0.15) is 10.1 Å². The van der Waals surface area contributed by atoms with Crippen LogP contribution >= 0.6 is 0 Å². The third-order valence-corrected chi connectivity index (χ3v) is 3.84. The Kier molecular flexibility index (Phi) is 4.33. The van der Waals surface area contributed by atoms with Gasteiger partial charge in [0.15, 0.2) is 5.78 Å². The first kappa shape index (κ1) is 15.2. The lowest BCUT2D eigenvalue weighted by atomic mass is 9.91. The second-order valence-corrected chi connectivity index (χ2v) is 5.49. The molecule has 0 spiro atoms. The molecule has 2 aromatic carbocycles. The minimum absolute atomic E-state index is 0.179. The monoisotopic (exact) mass is 306 g/mol. The molecule has 116 valence electrons. The van der Waals surface area contributed by atoms with Gasteiger partial charge in [0.05, 0.1) is 11.4 Å². The highest BCUT2D eigenvalue weighted by Crippen LogP contribution is 2.27. The molecular formula is C19H18N2O2. The van der Waals surface area contributed by atoms with Crippen molar-refractivity contribution in [3.05, 3.63) is 66.2 Å². The van der Waals surface area contributed by atoms with E-state index in [4.69, 9.17) is 0 Å². The molecule has 0 bridgehead atoms. The molecule has 1 amide bonds. The van der Waals surface area contributed by atoms with Crippen molar-refractivity contribution in [1.82, 2.24) is 0 Å². The molecule has 23 heavy (non-hydrogen) atoms. The molecule has 0 unspecified atom stereocenters. The number of rotatable bonds is 5. The third-order valence-electron chi connectivity index (χ3n) is 3.84. The van der Waals surface area contributed by atoms with Gasteiger partial charge in [-0.25, -0.2) is 0 Å². The van der Waals surface area contributed by atoms with Crippen molar-refractivity contribution in [1.29, 1.82) is 0 Å². The normalized spacial score (nSPS) is 17.3. The lowest BCUT2D eigenvalue weighted by molar-refractivity contribution is -0.118. The molecule has 1 aliphatic heterocycles. The van der Waals surface area contributed by atoms with E-state index >= 15 is 0 Å². The van der Waals surface area contributed by atoms with Crippen LogP contribution in [0.5, 0.6) is 0 Å². The van der Waals surface area contributed by atoms with E-state index in [1.165, 1.54) is 5.01 Å². The van der Waals surface area contributed by atoms with Gasteiger partial charge in [-0.05, 0) is 18.6 Å². The van der Waals surface area contributed by atoms with Crippen molar-refractivity contribution in [3.8, 4) is 0 Å². The second-order valence-electron chi connectivity index (χ2n) is 5.49. The first-order valence-electron chi connectivity index (χ1n) is 7.78. The molecule has 0 radical (unpaired) electrons. The van der Waals surface area contributed by atoms with E-state index in [1.807, 2.05) is 43.3 Å². The van der Waals surface area contributed by atoms with Gasteiger partial charge >= 0.3 is 0 Å². The summed E-state index contributed by atoms with van der Waals surface area (Å²) in [6.45, 7) is 2.02. The van der Waals surface area contributed by atoms with Gasteiger partial charge in [-0.3, -0.25) is 9.59 Å². The SMILES string of the molecule is CCCC1=NN(c2ccccc2)C(=O)[C@@H]1C(=O)c1ccccc1. The smallest absolute Gasteiger partial charge is 0.264 e. The van der Waals surface area contributed by atoms with Crippen LogP contribution in [0.4, 0.5) is 5.69 Å². The number of ketones is 1. The molecule has 3 rings (SSSR count). The van der Waals surface area contributed by atoms with Crippen molar-refractivity contribution in [3.63, 3.8) is 0 Å². The van der Waals surface area contributed by atoms with E-state index in [9.17, 15) is 9.59 Å². The lowest BCUT2D eigenvalue weighted by Gasteiger charge is -2.14. The molecule has 0 saturated heterocycles. The number of carbonyl (C=O) groups is 2. The Morgan fingerprint density at radius 1 is 1.04 bits per heavy atom. The Hall–Kier alpha value is -2.75. The first-order chi connectivity index (χ1) is 11.2. The summed E-state index contributed by atoms with van der Waals surface area (Å²) < 4.78 is 0. The molecule has 1 atom stereocenters. The largest absolute Gasteiger partial charge is 0.293 e. The molecule has 0 N–H and O–H groups in total. The van der Waals surface area contributed by atoms with Crippen LogP contribution in [0.1, 0.15) is 30.1 Å². The fraction of sp³-hybridized carbons (Fsp3) is 0.211. The number of hydrogen-bond donors (Lipinski definition) is 0. The first-order valence-corrected chi connectivity index (χ1v) is 7.78. The van der Waals surface area contributed by atoms with Gasteiger partial charge in [0, 0.05) is 5.56 Å². The van der Waals surface area contributed by atoms with Crippen LogP contribution in [0.25, 0.3) is 0 Å². The van der Waals surface area contributed by atoms with Gasteiger partial charge in [0.25, 0.3) is 5.91 Å². The Labute approximate surface area is 135 Å². The predicted octanol–water partition coefficient (Wildman–Crippen LogP) is 3.69. The average Bonchev–Trinajstić information content (AvgIpc) is 2.92. The summed E-state index contributed by atoms with van der Waals surface area (Å²) in [7, 11) is 0. The van der Waals surface area contributed by atoms with Crippen LogP contribution in [0, 0.1) is 5.92 Å². The second kappa shape index (κ2) is 6.57. The summed E-state index contributed by atoms with van der Waals surface area (Å²) in [4.78, 5) is 25.6. The minimum Gasteiger partial charge on any atom is -0.293 e. The Morgan fingerprint density at radius 2 is 1.65 bits per heavy atom. The van der Waals surface area contributed by atoms with Crippen LogP contribution in [-0.2, 0) is 4.79 Å². The highest BCUT2D eigenvalue weighted by Gasteiger charge is 2.41. The standard InChI is InChI=1S/C19H18N2O2/c1-2-9-16-17(18(22)14-10-5-3-6-11-14)19(23)21(20-16)15-12-7-4-8-13-15/h3-8,10-13,17H,2,9H2,1H3/t17-/m0/s1. The van der Waals surface area contributed by atoms with Crippen LogP contribution in [0.2, 0.25) is 0 Å². The van der Waals surface area contributed by atoms with Gasteiger partial charge in [-0.1, -0.05) is 61.9 Å². The fourth-order valence-corrected chi connectivity index (χ4v) is 2.74. The van der Waals surface area contributed by atoms with Gasteiger partial charge in [0.1, 0.15) is 5.92 Å². The summed E-state index contributed by atoms with van der Waals surface area (Å²) in [5, 5.41) is 5.79. The highest BCUT2D eigenvalue weighted by atomic mass is 16.2. The molecule has 4 nitrogen and oxygen atoms in total. The predicted molar refractivity (Wildman–Crippen MR) is 90.5 cm³/mol. The van der Waals surface area contributed by atoms with E-state index in [0.717, 1.165) is 6.42 Å². The van der Waals surface area contributed by atoms with Crippen molar-refractivity contribution < 1.29 is 9.59 Å². The maximum atomic E-state index is 12.8. The summed E-state index contributed by atoms with van der Waals surface area (Å²) in [5.41, 5.74) is 1.88. The van der Waals surface area contributed by atoms with Crippen LogP contribution in [0.15, 0.2) is 65.8 Å². The summed E-state index contributed by atoms with van der Waals surface area (Å²) in [6.07, 6.45) is 1.48. The number of benzene rings is 2. The summed E-state index contributed by atoms with van der Waals surface area (Å²) in [5.74, 6) is -1.26. The number of anilines is 1. The third kappa shape index (κ3) is 2.93. The number of nitrogens with zero attached hydrogens (tertiary/aromatic N) is 2. The zero-order valence-electron chi connectivity index (χ0n) is 13.0. The number of amides is 1. The van der Waals surface area contributed by atoms with Crippen molar-refractivity contribution in [2.24, 2.45) is 11.0 Å². The van der Waals surface area contributed by atoms with Gasteiger partial charge < -0.3 is 0 Å². The molecule has 4 heteroatoms. The summed E-state index contributed by atoms with van der Waals surface area (Å²) >= 11 is 0. The van der Waals surface area contributed by atoms with Gasteiger partial charge in [-0.15, -0.1) is 0 Å². The van der Waals surface area contributed by atoms with Gasteiger partial charge in [0.2, 0.25) is 0 Å². The molecule has 2 aromatic rings. The Morgan fingerprint density at radius 3 is 2.26 bits per heavy atom. The van der Waals surface area contributed by atoms with Crippen LogP contribution in [0.3, 0.4) is 0 Å². The van der Waals surface area contributed by atoms with E-state index in [1.54, 1.807) is 24.3 Å². The van der Waals surface area contributed by atoms with E-state index in [-0.39, 0.29) is 11.7 Å². The number of hydrogen-bond acceptors (Lipinski definition) is 3. The van der Waals surface area contributed by atoms with Crippen LogP contribution in [-0.4, -0.2) is 17.4 Å². The fourth-order valence-electron chi connectivity index (χ4n) is 2.74. The molecule has 1 heterocycles. The molecule has 0 fully saturated rings. The van der Waals surface area contributed by atoms with Crippen molar-refractivity contribution in [2.45, 2.75) is 19.8 Å². The van der Waals surface area contributed by atoms with Crippen molar-refractivity contribution >= 4 is 23.1 Å². The molecule has 0 aromatic heterocycles. The maximum absolute atomic E-state index is 12.8. The van der Waals surface area contributed by atoms with Crippen LogP contribution < -0.4 is 5.01 Å². The molecule has 0 aliphatic carbocycles. The quantitative estimate of drug-likeness (QED) is 0.625. The average molecular weight is 306 g/mol. The van der Waals surface area contributed by atoms with Crippen molar-refractivity contribution in [2.75, 3.05) is 5.01 Å². The summed E-state index contributed by atoms with van der Waals surface area (Å²) in [6, 6.07) is 18.2. The van der Waals surface area contributed by atoms with E-state index < -0.39 is 5.92 Å². The number of carbonyl (C=O) groups excluding carboxylic acids is 2. The molecule has 0 saturated carbocycles.